The average molecular weight is 235 g/mol. The number of nitrogen functional groups attached to an aromatic ring is 1. The summed E-state index contributed by atoms with van der Waals surface area (Å²) >= 11 is 0. The Bertz CT molecular complexity index is 529. The minimum absolute atomic E-state index is 0.341. The fraction of sp³-hybridized carbons (Fsp3) is 0.300. The second kappa shape index (κ2) is 4.28. The van der Waals surface area contributed by atoms with Crippen molar-refractivity contribution < 1.29 is 9.32 Å². The van der Waals surface area contributed by atoms with Gasteiger partial charge in [-0.05, 0) is 13.8 Å². The van der Waals surface area contributed by atoms with Crippen LogP contribution in [-0.4, -0.2) is 20.8 Å². The van der Waals surface area contributed by atoms with Gasteiger partial charge in [0.2, 0.25) is 0 Å². The Kier molecular flexibility index (Phi) is 2.82. The minimum Gasteiger partial charge on any atom is -0.395 e. The van der Waals surface area contributed by atoms with E-state index in [-0.39, 0.29) is 5.91 Å². The Hall–Kier alpha value is -2.31. The zero-order valence-corrected chi connectivity index (χ0v) is 9.60. The van der Waals surface area contributed by atoms with Crippen molar-refractivity contribution in [3.63, 3.8) is 0 Å². The number of anilines is 2. The highest BCUT2D eigenvalue weighted by Crippen LogP contribution is 2.17. The molecule has 7 heteroatoms. The van der Waals surface area contributed by atoms with Crippen LogP contribution in [0.3, 0.4) is 0 Å². The van der Waals surface area contributed by atoms with Crippen molar-refractivity contribution in [2.45, 2.75) is 20.4 Å². The van der Waals surface area contributed by atoms with Crippen LogP contribution in [0.25, 0.3) is 0 Å². The van der Waals surface area contributed by atoms with Crippen molar-refractivity contribution in [2.24, 2.45) is 0 Å². The summed E-state index contributed by atoms with van der Waals surface area (Å²) in [6.45, 7) is 4.22. The van der Waals surface area contributed by atoms with E-state index in [1.54, 1.807) is 17.7 Å². The fourth-order valence-electron chi connectivity index (χ4n) is 1.52. The van der Waals surface area contributed by atoms with Crippen LogP contribution < -0.4 is 11.1 Å². The summed E-state index contributed by atoms with van der Waals surface area (Å²) in [5.74, 6) is -0.00486. The van der Waals surface area contributed by atoms with Gasteiger partial charge in [-0.25, -0.2) is 0 Å². The lowest BCUT2D eigenvalue weighted by molar-refractivity contribution is 0.101. The summed E-state index contributed by atoms with van der Waals surface area (Å²) in [5, 5.41) is 10.3. The molecular weight excluding hydrogens is 222 g/mol. The molecule has 0 aromatic carbocycles. The minimum atomic E-state index is -0.348. The molecule has 17 heavy (non-hydrogen) atoms. The fourth-order valence-corrected chi connectivity index (χ4v) is 1.52. The molecule has 3 N–H and O–H groups in total. The Morgan fingerprint density at radius 3 is 3.00 bits per heavy atom. The van der Waals surface area contributed by atoms with E-state index < -0.39 is 0 Å². The predicted octanol–water partition coefficient (Wildman–Crippen LogP) is 1.03. The summed E-state index contributed by atoms with van der Waals surface area (Å²) in [6.07, 6.45) is 1.38. The topological polar surface area (TPSA) is 99.0 Å². The third-order valence-electron chi connectivity index (χ3n) is 2.37. The third-order valence-corrected chi connectivity index (χ3v) is 2.37. The molecule has 90 valence electrons. The first-order valence-electron chi connectivity index (χ1n) is 5.18. The molecule has 0 spiro atoms. The zero-order valence-electron chi connectivity index (χ0n) is 9.60. The van der Waals surface area contributed by atoms with Crippen LogP contribution in [0.2, 0.25) is 0 Å². The van der Waals surface area contributed by atoms with Gasteiger partial charge in [0.1, 0.15) is 12.0 Å². The number of nitrogens with zero attached hydrogens (tertiary/aromatic N) is 3. The lowest BCUT2D eigenvalue weighted by Gasteiger charge is -2.04. The maximum Gasteiger partial charge on any atom is 0.277 e. The molecule has 0 unspecified atom stereocenters. The van der Waals surface area contributed by atoms with Gasteiger partial charge in [-0.2, -0.15) is 5.10 Å². The number of hydrogen-bond acceptors (Lipinski definition) is 5. The molecule has 0 fully saturated rings. The normalized spacial score (nSPS) is 10.5. The number of nitrogens with two attached hydrogens (primary N) is 1. The SMILES string of the molecule is CCn1nc(C)c(N)c1C(=O)Nc1ccon1. The van der Waals surface area contributed by atoms with Crippen molar-refractivity contribution >= 4 is 17.4 Å². The first-order chi connectivity index (χ1) is 8.13. The highest BCUT2D eigenvalue weighted by Gasteiger charge is 2.19. The monoisotopic (exact) mass is 235 g/mol. The number of carbonyl (C=O) groups excluding carboxylic acids is 1. The quantitative estimate of drug-likeness (QED) is 0.827. The number of amides is 1. The molecular formula is C10H13N5O2. The summed E-state index contributed by atoms with van der Waals surface area (Å²) < 4.78 is 6.18. The highest BCUT2D eigenvalue weighted by atomic mass is 16.5. The standard InChI is InChI=1S/C10H13N5O2/c1-3-15-9(8(11)6(2)13-15)10(16)12-7-4-5-17-14-7/h4-5H,3,11H2,1-2H3,(H,12,14,16). The maximum atomic E-state index is 12.0. The largest absolute Gasteiger partial charge is 0.395 e. The Morgan fingerprint density at radius 2 is 2.41 bits per heavy atom. The van der Waals surface area contributed by atoms with Crippen LogP contribution in [0, 0.1) is 6.92 Å². The van der Waals surface area contributed by atoms with Gasteiger partial charge in [-0.3, -0.25) is 9.48 Å². The first-order valence-corrected chi connectivity index (χ1v) is 5.18. The van der Waals surface area contributed by atoms with Crippen molar-refractivity contribution in [3.05, 3.63) is 23.7 Å². The molecule has 0 bridgehead atoms. The molecule has 7 nitrogen and oxygen atoms in total. The molecule has 2 aromatic rings. The van der Waals surface area contributed by atoms with Crippen LogP contribution >= 0.6 is 0 Å². The number of aryl methyl sites for hydroxylation is 2. The Balaban J connectivity index is 2.30. The highest BCUT2D eigenvalue weighted by molar-refractivity contribution is 6.06. The number of nitrogens with one attached hydrogen (secondary N) is 1. The van der Waals surface area contributed by atoms with Gasteiger partial charge in [-0.15, -0.1) is 0 Å². The lowest BCUT2D eigenvalue weighted by Crippen LogP contribution is -2.18. The van der Waals surface area contributed by atoms with Crippen LogP contribution in [0.1, 0.15) is 23.1 Å². The molecule has 2 heterocycles. The van der Waals surface area contributed by atoms with Gasteiger partial charge in [0.05, 0.1) is 11.4 Å². The first kappa shape index (κ1) is 11.2. The zero-order chi connectivity index (χ0) is 12.4. The van der Waals surface area contributed by atoms with E-state index in [4.69, 9.17) is 5.73 Å². The van der Waals surface area contributed by atoms with Gasteiger partial charge < -0.3 is 15.6 Å². The van der Waals surface area contributed by atoms with Gasteiger partial charge in [0.15, 0.2) is 5.82 Å². The van der Waals surface area contributed by atoms with E-state index in [9.17, 15) is 4.79 Å². The molecule has 0 saturated carbocycles. The number of hydrogen-bond donors (Lipinski definition) is 2. The molecule has 0 aliphatic carbocycles. The van der Waals surface area contributed by atoms with Crippen LogP contribution in [-0.2, 0) is 6.54 Å². The van der Waals surface area contributed by atoms with Crippen molar-refractivity contribution in [1.82, 2.24) is 14.9 Å². The predicted molar refractivity (Wildman–Crippen MR) is 61.5 cm³/mol. The summed E-state index contributed by atoms with van der Waals surface area (Å²) in [5.41, 5.74) is 7.18. The molecule has 0 atom stereocenters. The molecule has 2 aromatic heterocycles. The summed E-state index contributed by atoms with van der Waals surface area (Å²) in [6, 6.07) is 1.55. The molecule has 0 saturated heterocycles. The molecule has 1 amide bonds. The average Bonchev–Trinajstić information content (AvgIpc) is 2.88. The van der Waals surface area contributed by atoms with E-state index >= 15 is 0 Å². The molecule has 2 rings (SSSR count). The Labute approximate surface area is 97.6 Å². The van der Waals surface area contributed by atoms with E-state index in [0.29, 0.717) is 29.4 Å². The number of aromatic nitrogens is 3. The summed E-state index contributed by atoms with van der Waals surface area (Å²) in [7, 11) is 0. The van der Waals surface area contributed by atoms with E-state index in [0.717, 1.165) is 0 Å². The number of rotatable bonds is 3. The molecule has 0 radical (unpaired) electrons. The summed E-state index contributed by atoms with van der Waals surface area (Å²) in [4.78, 5) is 12.0. The van der Waals surface area contributed by atoms with Crippen LogP contribution in [0.4, 0.5) is 11.5 Å². The van der Waals surface area contributed by atoms with Gasteiger partial charge in [0, 0.05) is 12.6 Å². The second-order valence-electron chi connectivity index (χ2n) is 3.50. The smallest absolute Gasteiger partial charge is 0.277 e. The molecule has 0 aliphatic rings. The van der Waals surface area contributed by atoms with Crippen molar-refractivity contribution in [3.8, 4) is 0 Å². The van der Waals surface area contributed by atoms with Gasteiger partial charge in [0.25, 0.3) is 5.91 Å². The third kappa shape index (κ3) is 1.99. The Morgan fingerprint density at radius 1 is 1.65 bits per heavy atom. The second-order valence-corrected chi connectivity index (χ2v) is 3.50. The van der Waals surface area contributed by atoms with E-state index in [1.165, 1.54) is 6.26 Å². The van der Waals surface area contributed by atoms with Crippen molar-refractivity contribution in [1.29, 1.82) is 0 Å². The lowest BCUT2D eigenvalue weighted by atomic mass is 10.3. The van der Waals surface area contributed by atoms with Crippen LogP contribution in [0.5, 0.6) is 0 Å². The number of carbonyl (C=O) groups is 1. The van der Waals surface area contributed by atoms with Gasteiger partial charge >= 0.3 is 0 Å². The van der Waals surface area contributed by atoms with E-state index in [2.05, 4.69) is 20.1 Å². The van der Waals surface area contributed by atoms with Crippen LogP contribution in [0.15, 0.2) is 16.9 Å². The van der Waals surface area contributed by atoms with Crippen molar-refractivity contribution in [2.75, 3.05) is 11.1 Å². The van der Waals surface area contributed by atoms with Gasteiger partial charge in [-0.1, -0.05) is 5.16 Å². The molecule has 0 aliphatic heterocycles. The maximum absolute atomic E-state index is 12.0. The van der Waals surface area contributed by atoms with E-state index in [1.807, 2.05) is 6.92 Å².